The van der Waals surface area contributed by atoms with Crippen LogP contribution in [-0.4, -0.2) is 36.0 Å². The number of nitrogens with zero attached hydrogens (tertiary/aromatic N) is 1. The van der Waals surface area contributed by atoms with E-state index in [1.807, 2.05) is 13.8 Å². The van der Waals surface area contributed by atoms with Crippen LogP contribution in [0.15, 0.2) is 18.2 Å². The molecule has 0 heterocycles. The van der Waals surface area contributed by atoms with Gasteiger partial charge in [0.25, 0.3) is 5.91 Å². The number of esters is 1. The van der Waals surface area contributed by atoms with E-state index < -0.39 is 12.1 Å². The Morgan fingerprint density at radius 1 is 1.30 bits per heavy atom. The molecule has 0 radical (unpaired) electrons. The summed E-state index contributed by atoms with van der Waals surface area (Å²) in [6.07, 6.45) is -0.803. The molecule has 20 heavy (non-hydrogen) atoms. The van der Waals surface area contributed by atoms with E-state index in [1.54, 1.807) is 36.9 Å². The summed E-state index contributed by atoms with van der Waals surface area (Å²) in [5.41, 5.74) is 7.32. The van der Waals surface area contributed by atoms with E-state index in [2.05, 4.69) is 0 Å². The number of likely N-dealkylation sites (N-methyl/N-ethyl adjacent to an activating group) is 1. The molecule has 5 heteroatoms. The van der Waals surface area contributed by atoms with Crippen molar-refractivity contribution in [2.45, 2.75) is 33.8 Å². The van der Waals surface area contributed by atoms with Gasteiger partial charge in [-0.1, -0.05) is 6.07 Å². The second kappa shape index (κ2) is 6.93. The molecule has 0 bridgehead atoms. The smallest absolute Gasteiger partial charge is 0.339 e. The highest BCUT2D eigenvalue weighted by Crippen LogP contribution is 2.15. The van der Waals surface area contributed by atoms with Crippen LogP contribution in [0.2, 0.25) is 0 Å². The minimum absolute atomic E-state index is 0.190. The first-order valence-electron chi connectivity index (χ1n) is 6.76. The maximum atomic E-state index is 12.1. The zero-order chi connectivity index (χ0) is 15.3. The molecule has 0 saturated carbocycles. The van der Waals surface area contributed by atoms with Gasteiger partial charge in [0, 0.05) is 18.8 Å². The highest BCUT2D eigenvalue weighted by atomic mass is 16.5. The Labute approximate surface area is 119 Å². The second-order valence-corrected chi connectivity index (χ2v) is 4.63. The van der Waals surface area contributed by atoms with Gasteiger partial charge >= 0.3 is 5.97 Å². The third-order valence-corrected chi connectivity index (χ3v) is 3.19. The van der Waals surface area contributed by atoms with Gasteiger partial charge in [-0.2, -0.15) is 0 Å². The number of hydrogen-bond acceptors (Lipinski definition) is 4. The lowest BCUT2D eigenvalue weighted by Gasteiger charge is -2.23. The Morgan fingerprint density at radius 2 is 1.90 bits per heavy atom. The SMILES string of the molecule is CCN(CC)C(=O)C(C)OC(=O)c1cc(N)ccc1C. The van der Waals surface area contributed by atoms with Crippen molar-refractivity contribution < 1.29 is 14.3 Å². The van der Waals surface area contributed by atoms with Crippen molar-refractivity contribution in [3.63, 3.8) is 0 Å². The Balaban J connectivity index is 2.80. The fourth-order valence-electron chi connectivity index (χ4n) is 1.93. The number of benzene rings is 1. The molecule has 0 aliphatic rings. The van der Waals surface area contributed by atoms with Crippen LogP contribution >= 0.6 is 0 Å². The zero-order valence-corrected chi connectivity index (χ0v) is 12.5. The van der Waals surface area contributed by atoms with Crippen LogP contribution in [0.3, 0.4) is 0 Å². The summed E-state index contributed by atoms with van der Waals surface area (Å²) < 4.78 is 5.23. The van der Waals surface area contributed by atoms with Gasteiger partial charge in [-0.05, 0) is 45.4 Å². The van der Waals surface area contributed by atoms with E-state index in [-0.39, 0.29) is 5.91 Å². The van der Waals surface area contributed by atoms with Crippen LogP contribution in [0.4, 0.5) is 5.69 Å². The normalized spacial score (nSPS) is 11.8. The third-order valence-electron chi connectivity index (χ3n) is 3.19. The number of nitrogen functional groups attached to an aromatic ring is 1. The van der Waals surface area contributed by atoms with Crippen LogP contribution in [0.5, 0.6) is 0 Å². The molecule has 110 valence electrons. The minimum Gasteiger partial charge on any atom is -0.449 e. The summed E-state index contributed by atoms with van der Waals surface area (Å²) in [6, 6.07) is 5.03. The average molecular weight is 278 g/mol. The molecule has 1 unspecified atom stereocenters. The van der Waals surface area contributed by atoms with E-state index in [0.29, 0.717) is 24.3 Å². The van der Waals surface area contributed by atoms with E-state index in [9.17, 15) is 9.59 Å². The molecular weight excluding hydrogens is 256 g/mol. The van der Waals surface area contributed by atoms with Crippen molar-refractivity contribution in [1.82, 2.24) is 4.90 Å². The van der Waals surface area contributed by atoms with Gasteiger partial charge in [0.2, 0.25) is 0 Å². The summed E-state index contributed by atoms with van der Waals surface area (Å²) in [5, 5.41) is 0. The van der Waals surface area contributed by atoms with Crippen molar-refractivity contribution in [2.24, 2.45) is 0 Å². The van der Waals surface area contributed by atoms with Gasteiger partial charge in [0.05, 0.1) is 5.56 Å². The lowest BCUT2D eigenvalue weighted by atomic mass is 10.1. The summed E-state index contributed by atoms with van der Waals surface area (Å²) in [7, 11) is 0. The Morgan fingerprint density at radius 3 is 2.45 bits per heavy atom. The molecule has 1 rings (SSSR count). The molecule has 2 N–H and O–H groups in total. The summed E-state index contributed by atoms with van der Waals surface area (Å²) >= 11 is 0. The molecule has 0 fully saturated rings. The summed E-state index contributed by atoms with van der Waals surface area (Å²) in [6.45, 7) is 8.34. The number of aryl methyl sites for hydroxylation is 1. The fourth-order valence-corrected chi connectivity index (χ4v) is 1.93. The topological polar surface area (TPSA) is 72.6 Å². The number of anilines is 1. The van der Waals surface area contributed by atoms with Gasteiger partial charge < -0.3 is 15.4 Å². The van der Waals surface area contributed by atoms with Gasteiger partial charge in [0.1, 0.15) is 0 Å². The lowest BCUT2D eigenvalue weighted by molar-refractivity contribution is -0.139. The Bertz CT molecular complexity index is 496. The molecule has 1 atom stereocenters. The maximum absolute atomic E-state index is 12.1. The van der Waals surface area contributed by atoms with E-state index in [4.69, 9.17) is 10.5 Å². The van der Waals surface area contributed by atoms with E-state index >= 15 is 0 Å². The number of carbonyl (C=O) groups is 2. The van der Waals surface area contributed by atoms with Crippen molar-refractivity contribution >= 4 is 17.6 Å². The monoisotopic (exact) mass is 278 g/mol. The highest BCUT2D eigenvalue weighted by Gasteiger charge is 2.23. The molecule has 0 aliphatic carbocycles. The van der Waals surface area contributed by atoms with Gasteiger partial charge in [0.15, 0.2) is 6.10 Å². The van der Waals surface area contributed by atoms with Crippen LogP contribution in [0, 0.1) is 6.92 Å². The minimum atomic E-state index is -0.803. The molecule has 0 aromatic heterocycles. The summed E-state index contributed by atoms with van der Waals surface area (Å²) in [4.78, 5) is 25.8. The molecule has 0 aliphatic heterocycles. The molecule has 1 amide bonds. The first-order valence-corrected chi connectivity index (χ1v) is 6.76. The number of nitrogens with two attached hydrogens (primary N) is 1. The largest absolute Gasteiger partial charge is 0.449 e. The van der Waals surface area contributed by atoms with Crippen LogP contribution in [-0.2, 0) is 9.53 Å². The Kier molecular flexibility index (Phi) is 5.55. The third kappa shape index (κ3) is 3.73. The van der Waals surface area contributed by atoms with Crippen LogP contribution < -0.4 is 5.73 Å². The van der Waals surface area contributed by atoms with Gasteiger partial charge in [-0.15, -0.1) is 0 Å². The number of rotatable bonds is 5. The molecule has 1 aromatic rings. The molecule has 1 aromatic carbocycles. The second-order valence-electron chi connectivity index (χ2n) is 4.63. The average Bonchev–Trinajstić information content (AvgIpc) is 2.42. The highest BCUT2D eigenvalue weighted by molar-refractivity contribution is 5.94. The fraction of sp³-hybridized carbons (Fsp3) is 0.467. The molecular formula is C15H22N2O3. The Hall–Kier alpha value is -2.04. The number of ether oxygens (including phenoxy) is 1. The van der Waals surface area contributed by atoms with Crippen molar-refractivity contribution in [1.29, 1.82) is 0 Å². The standard InChI is InChI=1S/C15H22N2O3/c1-5-17(6-2)14(18)11(4)20-15(19)13-9-12(16)8-7-10(13)3/h7-9,11H,5-6,16H2,1-4H3. The zero-order valence-electron chi connectivity index (χ0n) is 12.5. The van der Waals surface area contributed by atoms with Gasteiger partial charge in [-0.25, -0.2) is 4.79 Å². The van der Waals surface area contributed by atoms with Crippen LogP contribution in [0.25, 0.3) is 0 Å². The molecule has 0 saturated heterocycles. The number of hydrogen-bond donors (Lipinski definition) is 1. The quantitative estimate of drug-likeness (QED) is 0.660. The van der Waals surface area contributed by atoms with E-state index in [0.717, 1.165) is 5.56 Å². The van der Waals surface area contributed by atoms with Crippen molar-refractivity contribution in [3.8, 4) is 0 Å². The number of carbonyl (C=O) groups excluding carboxylic acids is 2. The maximum Gasteiger partial charge on any atom is 0.339 e. The first kappa shape index (κ1) is 16.0. The van der Waals surface area contributed by atoms with Gasteiger partial charge in [-0.3, -0.25) is 4.79 Å². The summed E-state index contributed by atoms with van der Waals surface area (Å²) in [5.74, 6) is -0.715. The van der Waals surface area contributed by atoms with E-state index in [1.165, 1.54) is 0 Å². The van der Waals surface area contributed by atoms with Crippen molar-refractivity contribution in [3.05, 3.63) is 29.3 Å². The number of amides is 1. The predicted molar refractivity (Wildman–Crippen MR) is 78.4 cm³/mol. The van der Waals surface area contributed by atoms with Crippen LogP contribution in [0.1, 0.15) is 36.7 Å². The first-order chi connectivity index (χ1) is 9.40. The molecule has 0 spiro atoms. The lowest BCUT2D eigenvalue weighted by Crippen LogP contribution is -2.39. The predicted octanol–water partition coefficient (Wildman–Crippen LogP) is 1.99. The molecule has 5 nitrogen and oxygen atoms in total. The van der Waals surface area contributed by atoms with Crippen molar-refractivity contribution in [2.75, 3.05) is 18.8 Å².